The van der Waals surface area contributed by atoms with Gasteiger partial charge in [0.05, 0.1) is 0 Å². The van der Waals surface area contributed by atoms with Gasteiger partial charge in [0.25, 0.3) is 0 Å². The average molecular weight is 486 g/mol. The van der Waals surface area contributed by atoms with E-state index in [-0.39, 0.29) is 5.65 Å². The lowest BCUT2D eigenvalue weighted by Gasteiger charge is -2.27. The molecule has 0 saturated heterocycles. The first kappa shape index (κ1) is 25.7. The summed E-state index contributed by atoms with van der Waals surface area (Å²) < 4.78 is 26.0. The number of imidazole rings is 1. The molecule has 0 fully saturated rings. The van der Waals surface area contributed by atoms with Crippen molar-refractivity contribution in [1.82, 2.24) is 9.38 Å². The second-order valence-corrected chi connectivity index (χ2v) is 9.94. The molecule has 1 aromatic carbocycles. The van der Waals surface area contributed by atoms with Crippen LogP contribution in [0.25, 0.3) is 16.8 Å². The van der Waals surface area contributed by atoms with Crippen LogP contribution in [-0.4, -0.2) is 43.8 Å². The van der Waals surface area contributed by atoms with Gasteiger partial charge in [-0.2, -0.15) is 4.90 Å². The van der Waals surface area contributed by atoms with Crippen LogP contribution in [0, 0.1) is 12.7 Å². The summed E-state index contributed by atoms with van der Waals surface area (Å²) in [5.41, 5.74) is -0.839. The van der Waals surface area contributed by atoms with Crippen LogP contribution < -0.4 is 4.90 Å². The van der Waals surface area contributed by atoms with Crippen molar-refractivity contribution in [2.45, 2.75) is 59.7 Å². The highest BCUT2D eigenvalue weighted by molar-refractivity contribution is 6.12. The van der Waals surface area contributed by atoms with Gasteiger partial charge in [-0.3, -0.25) is 4.40 Å². The minimum absolute atomic E-state index is 0.146. The lowest BCUT2D eigenvalue weighted by atomic mass is 10.0. The van der Waals surface area contributed by atoms with Crippen molar-refractivity contribution in [3.05, 3.63) is 53.6 Å². The van der Waals surface area contributed by atoms with Crippen LogP contribution in [0.4, 0.5) is 19.8 Å². The predicted molar refractivity (Wildman–Crippen MR) is 127 cm³/mol. The molecule has 1 N–H and O–H groups in total. The summed E-state index contributed by atoms with van der Waals surface area (Å²) >= 11 is 0. The van der Waals surface area contributed by atoms with Gasteiger partial charge >= 0.3 is 18.2 Å². The summed E-state index contributed by atoms with van der Waals surface area (Å²) in [6.07, 6.45) is -0.822. The zero-order valence-corrected chi connectivity index (χ0v) is 20.7. The number of anilines is 1. The molecular formula is C25H28FN3O6. The van der Waals surface area contributed by atoms with Gasteiger partial charge < -0.3 is 14.6 Å². The van der Waals surface area contributed by atoms with Gasteiger partial charge in [0.15, 0.2) is 11.5 Å². The minimum atomic E-state index is -1.45. The standard InChI is InChI=1S/C25H28FN3O6/c1-14-16(9-8-10-17(14)26)15-11-12-18-27-20(19(21(30)31)28(18)13-15)29(22(32)34-24(2,3)4)23(33)35-25(5,6)7/h8-13H,1-7H3,(H,30,31). The number of fused-ring (bicyclic) bond motifs is 1. The first-order valence-corrected chi connectivity index (χ1v) is 10.9. The topological polar surface area (TPSA) is 110 Å². The van der Waals surface area contributed by atoms with E-state index < -0.39 is 46.7 Å². The van der Waals surface area contributed by atoms with E-state index in [9.17, 15) is 23.9 Å². The van der Waals surface area contributed by atoms with Crippen molar-refractivity contribution in [3.63, 3.8) is 0 Å². The average Bonchev–Trinajstić information content (AvgIpc) is 3.05. The molecule has 0 aliphatic heterocycles. The summed E-state index contributed by atoms with van der Waals surface area (Å²) in [5.74, 6) is -2.32. The Morgan fingerprint density at radius 1 is 0.971 bits per heavy atom. The Morgan fingerprint density at radius 2 is 1.54 bits per heavy atom. The Balaban J connectivity index is 2.24. The second-order valence-electron chi connectivity index (χ2n) is 9.94. The van der Waals surface area contributed by atoms with E-state index in [1.54, 1.807) is 66.7 Å². The second kappa shape index (κ2) is 9.01. The van der Waals surface area contributed by atoms with Crippen LogP contribution in [-0.2, 0) is 9.47 Å². The van der Waals surface area contributed by atoms with Crippen LogP contribution in [0.1, 0.15) is 57.6 Å². The van der Waals surface area contributed by atoms with Crippen molar-refractivity contribution in [2.75, 3.05) is 4.90 Å². The lowest BCUT2D eigenvalue weighted by molar-refractivity contribution is 0.0429. The lowest BCUT2D eigenvalue weighted by Crippen LogP contribution is -2.44. The number of carbonyl (C=O) groups excluding carboxylic acids is 2. The van der Waals surface area contributed by atoms with Crippen molar-refractivity contribution in [1.29, 1.82) is 0 Å². The van der Waals surface area contributed by atoms with Gasteiger partial charge in [-0.1, -0.05) is 12.1 Å². The van der Waals surface area contributed by atoms with Crippen LogP contribution in [0.3, 0.4) is 0 Å². The first-order chi connectivity index (χ1) is 16.1. The number of halogens is 1. The number of nitrogens with zero attached hydrogens (tertiary/aromatic N) is 3. The molecule has 0 unspecified atom stereocenters. The maximum absolute atomic E-state index is 14.1. The number of hydrogen-bond donors (Lipinski definition) is 1. The fraction of sp³-hybridized carbons (Fsp3) is 0.360. The van der Waals surface area contributed by atoms with Crippen molar-refractivity contribution in [2.24, 2.45) is 0 Å². The van der Waals surface area contributed by atoms with Gasteiger partial charge in [0, 0.05) is 6.20 Å². The normalized spacial score (nSPS) is 11.9. The van der Waals surface area contributed by atoms with Gasteiger partial charge in [0.2, 0.25) is 0 Å². The molecule has 10 heteroatoms. The largest absolute Gasteiger partial charge is 0.476 e. The van der Waals surface area contributed by atoms with Crippen LogP contribution in [0.2, 0.25) is 0 Å². The van der Waals surface area contributed by atoms with Gasteiger partial charge in [-0.25, -0.2) is 23.8 Å². The number of carboxylic acid groups (broad SMARTS) is 1. The number of hydrogen-bond acceptors (Lipinski definition) is 6. The third kappa shape index (κ3) is 5.59. The molecule has 0 spiro atoms. The Morgan fingerprint density at radius 3 is 2.06 bits per heavy atom. The van der Waals surface area contributed by atoms with Crippen LogP contribution >= 0.6 is 0 Å². The maximum atomic E-state index is 14.1. The molecule has 0 aliphatic rings. The number of carboxylic acids is 1. The quantitative estimate of drug-likeness (QED) is 0.497. The molecule has 0 saturated carbocycles. The maximum Gasteiger partial charge on any atom is 0.425 e. The molecule has 3 rings (SSSR count). The van der Waals surface area contributed by atoms with E-state index in [2.05, 4.69) is 4.98 Å². The van der Waals surface area contributed by atoms with E-state index >= 15 is 0 Å². The van der Waals surface area contributed by atoms with E-state index in [1.165, 1.54) is 22.7 Å². The molecule has 186 valence electrons. The third-order valence-electron chi connectivity index (χ3n) is 4.75. The summed E-state index contributed by atoms with van der Waals surface area (Å²) in [6.45, 7) is 11.2. The number of aromatic nitrogens is 2. The summed E-state index contributed by atoms with van der Waals surface area (Å²) in [5, 5.41) is 10.0. The molecule has 2 heterocycles. The van der Waals surface area contributed by atoms with Crippen LogP contribution in [0.15, 0.2) is 36.5 Å². The van der Waals surface area contributed by atoms with Crippen molar-refractivity contribution >= 4 is 29.6 Å². The number of carbonyl (C=O) groups is 3. The Kier molecular flexibility index (Phi) is 6.61. The van der Waals surface area contributed by atoms with E-state index in [4.69, 9.17) is 9.47 Å². The number of aromatic carboxylic acids is 1. The molecule has 2 aromatic heterocycles. The number of amides is 2. The number of imide groups is 1. The number of pyridine rings is 1. The van der Waals surface area contributed by atoms with Gasteiger partial charge in [0.1, 0.15) is 22.7 Å². The molecule has 2 amide bonds. The molecule has 35 heavy (non-hydrogen) atoms. The number of rotatable bonds is 3. The summed E-state index contributed by atoms with van der Waals surface area (Å²) in [6, 6.07) is 7.73. The van der Waals surface area contributed by atoms with E-state index in [0.717, 1.165) is 0 Å². The molecule has 9 nitrogen and oxygen atoms in total. The first-order valence-electron chi connectivity index (χ1n) is 10.9. The summed E-state index contributed by atoms with van der Waals surface area (Å²) in [7, 11) is 0. The fourth-order valence-corrected chi connectivity index (χ4v) is 3.33. The van der Waals surface area contributed by atoms with E-state index in [0.29, 0.717) is 21.6 Å². The highest BCUT2D eigenvalue weighted by Gasteiger charge is 2.38. The Bertz CT molecular complexity index is 1290. The Labute approximate surface area is 202 Å². The number of benzene rings is 1. The predicted octanol–water partition coefficient (Wildman–Crippen LogP) is 5.82. The molecule has 0 atom stereocenters. The molecule has 0 aliphatic carbocycles. The van der Waals surface area contributed by atoms with Gasteiger partial charge in [-0.15, -0.1) is 0 Å². The molecule has 0 radical (unpaired) electrons. The van der Waals surface area contributed by atoms with Gasteiger partial charge in [-0.05, 0) is 83.4 Å². The smallest absolute Gasteiger partial charge is 0.425 e. The highest BCUT2D eigenvalue weighted by atomic mass is 19.1. The van der Waals surface area contributed by atoms with Crippen LogP contribution in [0.5, 0.6) is 0 Å². The highest BCUT2D eigenvalue weighted by Crippen LogP contribution is 2.30. The molecular weight excluding hydrogens is 457 g/mol. The molecule has 3 aromatic rings. The van der Waals surface area contributed by atoms with E-state index in [1.807, 2.05) is 0 Å². The zero-order valence-electron chi connectivity index (χ0n) is 20.7. The number of ether oxygens (including phenoxy) is 2. The zero-order chi connectivity index (χ0) is 26.3. The minimum Gasteiger partial charge on any atom is -0.476 e. The molecule has 0 bridgehead atoms. The van der Waals surface area contributed by atoms with Crippen molar-refractivity contribution < 1.29 is 33.4 Å². The SMILES string of the molecule is Cc1c(F)cccc1-c1ccc2nc(N(C(=O)OC(C)(C)C)C(=O)OC(C)(C)C)c(C(=O)O)n2c1. The summed E-state index contributed by atoms with van der Waals surface area (Å²) in [4.78, 5) is 43.1. The third-order valence-corrected chi connectivity index (χ3v) is 4.75. The monoisotopic (exact) mass is 485 g/mol. The van der Waals surface area contributed by atoms with Crippen molar-refractivity contribution in [3.8, 4) is 11.1 Å². The fourth-order valence-electron chi connectivity index (χ4n) is 3.33. The Hall–Kier alpha value is -3.95.